The van der Waals surface area contributed by atoms with E-state index in [0.29, 0.717) is 6.54 Å². The molecule has 2 heterocycles. The molecule has 2 aliphatic heterocycles. The van der Waals surface area contributed by atoms with Crippen molar-refractivity contribution >= 4 is 28.8 Å². The van der Waals surface area contributed by atoms with Gasteiger partial charge >= 0.3 is 0 Å². The van der Waals surface area contributed by atoms with Crippen molar-refractivity contribution in [1.82, 2.24) is 5.32 Å². The summed E-state index contributed by atoms with van der Waals surface area (Å²) in [6, 6.07) is 13.9. The highest BCUT2D eigenvalue weighted by Crippen LogP contribution is 2.38. The van der Waals surface area contributed by atoms with Gasteiger partial charge in [-0.3, -0.25) is 4.99 Å². The number of aliphatic imine (C=N–C) groups is 1. The van der Waals surface area contributed by atoms with E-state index in [1.165, 1.54) is 0 Å². The average molecular weight is 371 g/mol. The lowest BCUT2D eigenvalue weighted by Crippen LogP contribution is -2.57. The predicted molar refractivity (Wildman–Crippen MR) is 108 cm³/mol. The molecule has 0 aliphatic carbocycles. The van der Waals surface area contributed by atoms with Crippen molar-refractivity contribution in [3.05, 3.63) is 53.1 Å². The zero-order valence-corrected chi connectivity index (χ0v) is 15.6. The Morgan fingerprint density at radius 2 is 1.96 bits per heavy atom. The van der Waals surface area contributed by atoms with Crippen LogP contribution < -0.4 is 20.7 Å². The van der Waals surface area contributed by atoms with Gasteiger partial charge in [0.1, 0.15) is 11.6 Å². The van der Waals surface area contributed by atoms with Gasteiger partial charge in [0, 0.05) is 11.1 Å². The summed E-state index contributed by atoms with van der Waals surface area (Å²) >= 11 is 6.11. The van der Waals surface area contributed by atoms with Crippen LogP contribution in [0.3, 0.4) is 0 Å². The molecule has 2 aromatic carbocycles. The van der Waals surface area contributed by atoms with Gasteiger partial charge in [-0.1, -0.05) is 23.7 Å². The molecule has 0 radical (unpaired) electrons. The largest absolute Gasteiger partial charge is 0.497 e. The number of piperidine rings is 1. The van der Waals surface area contributed by atoms with Crippen LogP contribution in [0.5, 0.6) is 5.75 Å². The first-order chi connectivity index (χ1) is 12.7. The van der Waals surface area contributed by atoms with E-state index in [9.17, 15) is 0 Å². The van der Waals surface area contributed by atoms with E-state index >= 15 is 0 Å². The molecule has 1 fully saturated rings. The number of amidine groups is 1. The Hall–Kier alpha value is -2.24. The Morgan fingerprint density at radius 1 is 1.12 bits per heavy atom. The first-order valence-electron chi connectivity index (χ1n) is 8.92. The van der Waals surface area contributed by atoms with Crippen molar-refractivity contribution < 1.29 is 4.74 Å². The molecule has 0 atom stereocenters. The molecule has 2 aromatic rings. The van der Waals surface area contributed by atoms with Gasteiger partial charge in [0.25, 0.3) is 0 Å². The Balaban J connectivity index is 1.67. The Bertz CT molecular complexity index is 830. The smallest absolute Gasteiger partial charge is 0.127 e. The number of ether oxygens (including phenoxy) is 1. The van der Waals surface area contributed by atoms with Crippen molar-refractivity contribution in [1.29, 1.82) is 0 Å². The first kappa shape index (κ1) is 17.2. The maximum absolute atomic E-state index is 6.11. The number of nitrogens with zero attached hydrogens (tertiary/aromatic N) is 1. The van der Waals surface area contributed by atoms with E-state index in [1.807, 2.05) is 30.3 Å². The van der Waals surface area contributed by atoms with Crippen LogP contribution in [0.4, 0.5) is 11.4 Å². The van der Waals surface area contributed by atoms with Crippen LogP contribution in [-0.2, 0) is 6.54 Å². The van der Waals surface area contributed by atoms with Crippen molar-refractivity contribution in [2.75, 3.05) is 30.8 Å². The fraction of sp³-hybridized carbons (Fsp3) is 0.350. The highest BCUT2D eigenvalue weighted by molar-refractivity contribution is 6.30. The second kappa shape index (κ2) is 7.17. The van der Waals surface area contributed by atoms with Gasteiger partial charge in [0.15, 0.2) is 0 Å². The molecule has 1 spiro atoms. The molecule has 3 N–H and O–H groups in total. The Kier molecular flexibility index (Phi) is 4.74. The molecule has 0 bridgehead atoms. The average Bonchev–Trinajstić information content (AvgIpc) is 2.67. The minimum Gasteiger partial charge on any atom is -0.497 e. The molecular weight excluding hydrogens is 348 g/mol. The maximum Gasteiger partial charge on any atom is 0.127 e. The van der Waals surface area contributed by atoms with Gasteiger partial charge < -0.3 is 20.7 Å². The molecule has 0 unspecified atom stereocenters. The molecule has 2 aliphatic rings. The van der Waals surface area contributed by atoms with Crippen molar-refractivity contribution in [2.24, 2.45) is 4.99 Å². The highest BCUT2D eigenvalue weighted by Gasteiger charge is 2.40. The van der Waals surface area contributed by atoms with E-state index in [0.717, 1.165) is 59.5 Å². The van der Waals surface area contributed by atoms with E-state index in [2.05, 4.69) is 28.1 Å². The van der Waals surface area contributed by atoms with Gasteiger partial charge in [-0.15, -0.1) is 0 Å². The normalized spacial score (nSPS) is 19.5. The van der Waals surface area contributed by atoms with Crippen LogP contribution >= 0.6 is 11.6 Å². The van der Waals surface area contributed by atoms with Gasteiger partial charge in [-0.05, 0) is 55.8 Å². The summed E-state index contributed by atoms with van der Waals surface area (Å²) in [7, 11) is 1.68. The van der Waals surface area contributed by atoms with Crippen molar-refractivity contribution in [3.63, 3.8) is 0 Å². The SMILES string of the molecule is COc1ccc2c(c1)NC(=NCc1cccc(Cl)c1)C1(CCNCC1)N2. The summed E-state index contributed by atoms with van der Waals surface area (Å²) in [6.07, 6.45) is 1.97. The Morgan fingerprint density at radius 3 is 2.73 bits per heavy atom. The van der Waals surface area contributed by atoms with E-state index < -0.39 is 0 Å². The second-order valence-electron chi connectivity index (χ2n) is 6.79. The summed E-state index contributed by atoms with van der Waals surface area (Å²) in [5.41, 5.74) is 3.03. The highest BCUT2D eigenvalue weighted by atomic mass is 35.5. The molecular formula is C20H23ClN4O. The molecule has 26 heavy (non-hydrogen) atoms. The molecule has 0 saturated carbocycles. The van der Waals surface area contributed by atoms with Gasteiger partial charge in [-0.2, -0.15) is 0 Å². The zero-order chi connectivity index (χ0) is 18.0. The fourth-order valence-corrected chi connectivity index (χ4v) is 3.85. The number of anilines is 2. The van der Waals surface area contributed by atoms with Crippen LogP contribution in [0.25, 0.3) is 0 Å². The third-order valence-electron chi connectivity index (χ3n) is 5.07. The quantitative estimate of drug-likeness (QED) is 0.766. The van der Waals surface area contributed by atoms with Crippen LogP contribution in [0.1, 0.15) is 18.4 Å². The third-order valence-corrected chi connectivity index (χ3v) is 5.31. The van der Waals surface area contributed by atoms with Crippen LogP contribution in [0.15, 0.2) is 47.5 Å². The summed E-state index contributed by atoms with van der Waals surface area (Å²) < 4.78 is 5.36. The molecule has 136 valence electrons. The summed E-state index contributed by atoms with van der Waals surface area (Å²) in [5.74, 6) is 1.81. The zero-order valence-electron chi connectivity index (χ0n) is 14.8. The number of benzene rings is 2. The molecule has 0 amide bonds. The topological polar surface area (TPSA) is 57.7 Å². The number of halogens is 1. The van der Waals surface area contributed by atoms with Gasteiger partial charge in [0.2, 0.25) is 0 Å². The van der Waals surface area contributed by atoms with E-state index in [1.54, 1.807) is 7.11 Å². The maximum atomic E-state index is 6.11. The molecule has 1 saturated heterocycles. The predicted octanol–water partition coefficient (Wildman–Crippen LogP) is 3.91. The number of fused-ring (bicyclic) bond motifs is 1. The Labute approximate surface area is 158 Å². The molecule has 4 rings (SSSR count). The number of nitrogens with one attached hydrogen (secondary N) is 3. The molecule has 5 nitrogen and oxygen atoms in total. The lowest BCUT2D eigenvalue weighted by Gasteiger charge is -2.44. The van der Waals surface area contributed by atoms with Crippen LogP contribution in [0, 0.1) is 0 Å². The molecule has 6 heteroatoms. The van der Waals surface area contributed by atoms with E-state index in [4.69, 9.17) is 21.3 Å². The lowest BCUT2D eigenvalue weighted by molar-refractivity contribution is 0.412. The van der Waals surface area contributed by atoms with Gasteiger partial charge in [-0.25, -0.2) is 0 Å². The third kappa shape index (κ3) is 3.37. The summed E-state index contributed by atoms with van der Waals surface area (Å²) in [4.78, 5) is 4.94. The first-order valence-corrected chi connectivity index (χ1v) is 9.30. The number of rotatable bonds is 3. The minimum absolute atomic E-state index is 0.161. The second-order valence-corrected chi connectivity index (χ2v) is 7.22. The van der Waals surface area contributed by atoms with Crippen LogP contribution in [-0.4, -0.2) is 31.6 Å². The minimum atomic E-state index is -0.161. The lowest BCUT2D eigenvalue weighted by atomic mass is 9.84. The summed E-state index contributed by atoms with van der Waals surface area (Å²) in [6.45, 7) is 2.53. The fourth-order valence-electron chi connectivity index (χ4n) is 3.64. The number of hydrogen-bond donors (Lipinski definition) is 3. The number of hydrogen-bond acceptors (Lipinski definition) is 4. The van der Waals surface area contributed by atoms with Crippen molar-refractivity contribution in [3.8, 4) is 5.75 Å². The van der Waals surface area contributed by atoms with E-state index in [-0.39, 0.29) is 5.54 Å². The van der Waals surface area contributed by atoms with Crippen molar-refractivity contribution in [2.45, 2.75) is 24.9 Å². The molecule has 0 aromatic heterocycles. The van der Waals surface area contributed by atoms with Gasteiger partial charge in [0.05, 0.1) is 30.6 Å². The number of methoxy groups -OCH3 is 1. The standard InChI is InChI=1S/C20H23ClN4O/c1-26-16-5-6-17-18(12-16)24-19(20(25-17)7-9-22-10-8-20)23-13-14-3-2-4-15(21)11-14/h2-6,11-12,22,25H,7-10,13H2,1H3,(H,23,24). The monoisotopic (exact) mass is 370 g/mol. The van der Waals surface area contributed by atoms with Crippen LogP contribution in [0.2, 0.25) is 5.02 Å². The summed E-state index contributed by atoms with van der Waals surface area (Å²) in [5, 5.41) is 11.5.